The van der Waals surface area contributed by atoms with Crippen LogP contribution in [0.2, 0.25) is 0 Å². The molecule has 0 fully saturated rings. The van der Waals surface area contributed by atoms with Gasteiger partial charge in [-0.2, -0.15) is 4.57 Å². The van der Waals surface area contributed by atoms with E-state index in [9.17, 15) is 5.11 Å². The molecule has 0 aliphatic carbocycles. The first-order chi connectivity index (χ1) is 4.80. The van der Waals surface area contributed by atoms with Crippen molar-refractivity contribution in [2.75, 3.05) is 0 Å². The molecule has 0 radical (unpaired) electrons. The van der Waals surface area contributed by atoms with E-state index >= 15 is 0 Å². The average molecular weight is 134 g/mol. The number of hydrogen-bond donors (Lipinski definition) is 1. The first-order valence-electron chi connectivity index (χ1n) is 3.22. The summed E-state index contributed by atoms with van der Waals surface area (Å²) < 4.78 is 1.95. The Hall–Kier alpha value is -1.31. The summed E-state index contributed by atoms with van der Waals surface area (Å²) >= 11 is 0. The molecular formula is C8H8NO+. The fourth-order valence-corrected chi connectivity index (χ4v) is 1.18. The van der Waals surface area contributed by atoms with E-state index in [-0.39, 0.29) is 0 Å². The molecule has 1 aromatic rings. The maximum absolute atomic E-state index is 9.23. The molecule has 1 aliphatic heterocycles. The third-order valence-electron chi connectivity index (χ3n) is 1.81. The minimum absolute atomic E-state index is 0.417. The van der Waals surface area contributed by atoms with Gasteiger partial charge in [0.15, 0.2) is 6.20 Å². The molecular weight excluding hydrogens is 126 g/mol. The van der Waals surface area contributed by atoms with E-state index in [1.54, 1.807) is 0 Å². The lowest BCUT2D eigenvalue weighted by Crippen LogP contribution is -2.43. The van der Waals surface area contributed by atoms with Gasteiger partial charge < -0.3 is 5.11 Å². The highest BCUT2D eigenvalue weighted by atomic mass is 16.3. The van der Waals surface area contributed by atoms with Crippen LogP contribution in [0.3, 0.4) is 0 Å². The maximum atomic E-state index is 9.23. The third-order valence-corrected chi connectivity index (χ3v) is 1.81. The van der Waals surface area contributed by atoms with Crippen molar-refractivity contribution in [2.45, 2.75) is 6.92 Å². The zero-order chi connectivity index (χ0) is 7.14. The van der Waals surface area contributed by atoms with Gasteiger partial charge >= 0.3 is 0 Å². The molecule has 0 saturated carbocycles. The van der Waals surface area contributed by atoms with Gasteiger partial charge in [-0.05, 0) is 6.07 Å². The van der Waals surface area contributed by atoms with Crippen molar-refractivity contribution in [2.24, 2.45) is 0 Å². The lowest BCUT2D eigenvalue weighted by atomic mass is 10.1. The molecule has 10 heavy (non-hydrogen) atoms. The van der Waals surface area contributed by atoms with E-state index in [1.165, 1.54) is 0 Å². The van der Waals surface area contributed by atoms with E-state index in [1.807, 2.05) is 35.9 Å². The summed E-state index contributed by atoms with van der Waals surface area (Å²) in [5.74, 6) is 0.417. The van der Waals surface area contributed by atoms with Gasteiger partial charge in [0.2, 0.25) is 5.70 Å². The summed E-state index contributed by atoms with van der Waals surface area (Å²) in [6.07, 6.45) is 1.93. The lowest BCUT2D eigenvalue weighted by Gasteiger charge is -2.10. The van der Waals surface area contributed by atoms with Crippen LogP contribution in [-0.2, 0) is 0 Å². The number of aromatic nitrogens is 1. The predicted octanol–water partition coefficient (Wildman–Crippen LogP) is 1.19. The van der Waals surface area contributed by atoms with E-state index < -0.39 is 0 Å². The zero-order valence-electron chi connectivity index (χ0n) is 5.70. The van der Waals surface area contributed by atoms with Gasteiger partial charge in [-0.1, -0.05) is 0 Å². The van der Waals surface area contributed by atoms with Gasteiger partial charge in [0, 0.05) is 19.1 Å². The Morgan fingerprint density at radius 3 is 2.90 bits per heavy atom. The second kappa shape index (κ2) is 1.59. The molecule has 50 valence electrons. The summed E-state index contributed by atoms with van der Waals surface area (Å²) in [7, 11) is 0. The molecule has 0 bridgehead atoms. The Kier molecular flexibility index (Phi) is 0.873. The van der Waals surface area contributed by atoms with Crippen molar-refractivity contribution < 1.29 is 9.67 Å². The fraction of sp³-hybridized carbons (Fsp3) is 0.125. The zero-order valence-corrected chi connectivity index (χ0v) is 5.70. The Bertz CT molecular complexity index is 284. The molecule has 1 aromatic heterocycles. The van der Waals surface area contributed by atoms with Crippen molar-refractivity contribution in [3.63, 3.8) is 0 Å². The van der Waals surface area contributed by atoms with Gasteiger partial charge in [-0.15, -0.1) is 0 Å². The quantitative estimate of drug-likeness (QED) is 0.529. The van der Waals surface area contributed by atoms with Crippen LogP contribution in [0.4, 0.5) is 0 Å². The van der Waals surface area contributed by atoms with Crippen LogP contribution in [-0.4, -0.2) is 5.11 Å². The SMILES string of the molecule is CC1=C(O)c2cccc[n+]21. The third kappa shape index (κ3) is 0.460. The monoisotopic (exact) mass is 134 g/mol. The van der Waals surface area contributed by atoms with Crippen molar-refractivity contribution in [3.8, 4) is 0 Å². The van der Waals surface area contributed by atoms with Gasteiger partial charge in [0.25, 0.3) is 11.5 Å². The Labute approximate surface area is 59.1 Å². The highest BCUT2D eigenvalue weighted by Gasteiger charge is 2.31. The Morgan fingerprint density at radius 2 is 2.20 bits per heavy atom. The normalized spacial score (nSPS) is 14.5. The van der Waals surface area contributed by atoms with Crippen molar-refractivity contribution in [3.05, 3.63) is 30.1 Å². The molecule has 1 N–H and O–H groups in total. The minimum Gasteiger partial charge on any atom is -0.498 e. The Morgan fingerprint density at radius 1 is 1.40 bits per heavy atom. The molecule has 2 nitrogen and oxygen atoms in total. The van der Waals surface area contributed by atoms with Gasteiger partial charge in [0.05, 0.1) is 0 Å². The number of fused-ring (bicyclic) bond motifs is 1. The van der Waals surface area contributed by atoms with E-state index in [0.717, 1.165) is 11.4 Å². The van der Waals surface area contributed by atoms with E-state index in [0.29, 0.717) is 5.76 Å². The molecule has 2 rings (SSSR count). The van der Waals surface area contributed by atoms with E-state index in [4.69, 9.17) is 0 Å². The standard InChI is InChI=1S/C8H7NO/c1-6-8(10)7-4-2-3-5-9(6)7/h2-5H,1H3/p+1. The number of allylic oxidation sites excluding steroid dienone is 1. The molecule has 0 atom stereocenters. The van der Waals surface area contributed by atoms with Crippen molar-refractivity contribution in [1.82, 2.24) is 0 Å². The van der Waals surface area contributed by atoms with Gasteiger partial charge in [-0.25, -0.2) is 0 Å². The number of rotatable bonds is 0. The molecule has 0 aromatic carbocycles. The highest BCUT2D eigenvalue weighted by Crippen LogP contribution is 2.20. The molecule has 1 aliphatic rings. The molecule has 0 spiro atoms. The van der Waals surface area contributed by atoms with Crippen molar-refractivity contribution >= 4 is 11.5 Å². The summed E-state index contributed by atoms with van der Waals surface area (Å²) in [6.45, 7) is 1.89. The van der Waals surface area contributed by atoms with Gasteiger partial charge in [-0.3, -0.25) is 0 Å². The molecule has 0 amide bonds. The van der Waals surface area contributed by atoms with Gasteiger partial charge in [0.1, 0.15) is 0 Å². The summed E-state index contributed by atoms with van der Waals surface area (Å²) in [4.78, 5) is 0. The second-order valence-electron chi connectivity index (χ2n) is 2.39. The number of hydrogen-bond acceptors (Lipinski definition) is 1. The van der Waals surface area contributed by atoms with E-state index in [2.05, 4.69) is 0 Å². The van der Waals surface area contributed by atoms with Crippen LogP contribution in [0.15, 0.2) is 24.4 Å². The maximum Gasteiger partial charge on any atom is 0.259 e. The summed E-state index contributed by atoms with van der Waals surface area (Å²) in [5.41, 5.74) is 1.83. The Balaban J connectivity index is 2.62. The van der Waals surface area contributed by atoms with Crippen LogP contribution in [0.25, 0.3) is 11.5 Å². The van der Waals surface area contributed by atoms with Crippen LogP contribution >= 0.6 is 0 Å². The number of aliphatic hydroxyl groups excluding tert-OH is 1. The lowest BCUT2D eigenvalue weighted by molar-refractivity contribution is -0.599. The first-order valence-corrected chi connectivity index (χ1v) is 3.22. The average Bonchev–Trinajstić information content (AvgIpc) is 2.03. The smallest absolute Gasteiger partial charge is 0.259 e. The topological polar surface area (TPSA) is 24.1 Å². The van der Waals surface area contributed by atoms with Crippen LogP contribution < -0.4 is 4.57 Å². The predicted molar refractivity (Wildman–Crippen MR) is 38.0 cm³/mol. The molecule has 2 heterocycles. The second-order valence-corrected chi connectivity index (χ2v) is 2.39. The van der Waals surface area contributed by atoms with Crippen molar-refractivity contribution in [1.29, 1.82) is 0 Å². The summed E-state index contributed by atoms with van der Waals surface area (Å²) in [6, 6.07) is 5.75. The van der Waals surface area contributed by atoms with Crippen LogP contribution in [0.1, 0.15) is 12.6 Å². The first kappa shape index (κ1) is 5.47. The molecule has 2 heteroatoms. The highest BCUT2D eigenvalue weighted by molar-refractivity contribution is 5.75. The van der Waals surface area contributed by atoms with Crippen LogP contribution in [0, 0.1) is 0 Å². The largest absolute Gasteiger partial charge is 0.498 e. The number of aliphatic hydroxyl groups is 1. The summed E-state index contributed by atoms with van der Waals surface area (Å²) in [5, 5.41) is 9.23. The number of pyridine rings is 1. The minimum atomic E-state index is 0.417. The fourth-order valence-electron chi connectivity index (χ4n) is 1.18. The number of nitrogens with zero attached hydrogens (tertiary/aromatic N) is 1. The molecule has 0 saturated heterocycles. The van der Waals surface area contributed by atoms with Crippen LogP contribution in [0.5, 0.6) is 0 Å². The molecule has 0 unspecified atom stereocenters.